The number of hydrogen-bond acceptors (Lipinski definition) is 2. The average Bonchev–Trinajstić information content (AvgIpc) is 2.12. The highest BCUT2D eigenvalue weighted by Crippen LogP contribution is 2.25. The summed E-state index contributed by atoms with van der Waals surface area (Å²) in [6.45, 7) is 1.33. The van der Waals surface area contributed by atoms with E-state index in [1.807, 2.05) is 0 Å². The summed E-state index contributed by atoms with van der Waals surface area (Å²) in [6.07, 6.45) is 0.707. The van der Waals surface area contributed by atoms with Gasteiger partial charge < -0.3 is 10.4 Å². The Morgan fingerprint density at radius 3 is 2.77 bits per heavy atom. The molecule has 0 aliphatic carbocycles. The van der Waals surface area contributed by atoms with E-state index in [0.29, 0.717) is 18.5 Å². The molecular weight excluding hydrogens is 237 g/mol. The van der Waals surface area contributed by atoms with Gasteiger partial charge in [-0.2, -0.15) is 0 Å². The summed E-state index contributed by atoms with van der Waals surface area (Å²) in [6, 6.07) is 2.72. The summed E-state index contributed by atoms with van der Waals surface area (Å²) in [5.41, 5.74) is 1.37. The molecule has 0 saturated heterocycles. The zero-order valence-corrected chi connectivity index (χ0v) is 8.72. The van der Waals surface area contributed by atoms with E-state index < -0.39 is 0 Å². The molecule has 2 rings (SSSR count). The van der Waals surface area contributed by atoms with Crippen LogP contribution in [0.4, 0.5) is 4.39 Å². The van der Waals surface area contributed by atoms with Crippen LogP contribution in [-0.2, 0) is 13.0 Å². The molecule has 1 aromatic carbocycles. The number of halogens is 2. The van der Waals surface area contributed by atoms with Crippen LogP contribution in [0, 0.1) is 5.82 Å². The number of fused-ring (bicyclic) bond motifs is 1. The minimum absolute atomic E-state index is 0. The molecule has 72 valence electrons. The third kappa shape index (κ3) is 1.84. The minimum Gasteiger partial charge on any atom is -0.508 e. The van der Waals surface area contributed by atoms with Crippen molar-refractivity contribution in [1.29, 1.82) is 0 Å². The molecule has 0 spiro atoms. The quantitative estimate of drug-likeness (QED) is 0.733. The van der Waals surface area contributed by atoms with Crippen LogP contribution in [0.25, 0.3) is 0 Å². The molecule has 0 bridgehead atoms. The molecule has 0 aromatic heterocycles. The van der Waals surface area contributed by atoms with E-state index in [-0.39, 0.29) is 28.5 Å². The van der Waals surface area contributed by atoms with Crippen LogP contribution < -0.4 is 5.32 Å². The van der Waals surface area contributed by atoms with Crippen molar-refractivity contribution in [2.45, 2.75) is 13.0 Å². The van der Waals surface area contributed by atoms with Crippen LogP contribution in [0.15, 0.2) is 12.1 Å². The number of phenolic OH excluding ortho intramolecular Hbond substituents is 1. The van der Waals surface area contributed by atoms with E-state index in [1.165, 1.54) is 12.1 Å². The fourth-order valence-corrected chi connectivity index (χ4v) is 1.55. The van der Waals surface area contributed by atoms with Gasteiger partial charge in [-0.25, -0.2) is 4.39 Å². The predicted octanol–water partition coefficient (Wildman–Crippen LogP) is 1.75. The van der Waals surface area contributed by atoms with Gasteiger partial charge in [0.1, 0.15) is 11.6 Å². The monoisotopic (exact) mass is 247 g/mol. The second kappa shape index (κ2) is 4.07. The third-order valence-electron chi connectivity index (χ3n) is 2.20. The summed E-state index contributed by atoms with van der Waals surface area (Å²) in [5.74, 6) is -0.0112. The van der Waals surface area contributed by atoms with Gasteiger partial charge >= 0.3 is 0 Å². The number of phenols is 1. The van der Waals surface area contributed by atoms with Gasteiger partial charge in [-0.15, -0.1) is 17.0 Å². The first-order valence-corrected chi connectivity index (χ1v) is 3.99. The van der Waals surface area contributed by atoms with Crippen molar-refractivity contribution in [3.63, 3.8) is 0 Å². The van der Waals surface area contributed by atoms with Crippen LogP contribution in [-0.4, -0.2) is 11.7 Å². The maximum Gasteiger partial charge on any atom is 0.128 e. The van der Waals surface area contributed by atoms with Crippen molar-refractivity contribution < 1.29 is 9.50 Å². The first kappa shape index (κ1) is 10.5. The smallest absolute Gasteiger partial charge is 0.128 e. The van der Waals surface area contributed by atoms with Gasteiger partial charge in [0.15, 0.2) is 0 Å². The Bertz CT molecular complexity index is 286. The van der Waals surface area contributed by atoms with E-state index in [4.69, 9.17) is 0 Å². The average molecular weight is 248 g/mol. The van der Waals surface area contributed by atoms with E-state index in [9.17, 15) is 9.50 Å². The first-order chi connectivity index (χ1) is 5.79. The molecular formula is C9H11BrFNO. The zero-order valence-electron chi connectivity index (χ0n) is 7.01. The Balaban J connectivity index is 0.000000845. The first-order valence-electron chi connectivity index (χ1n) is 3.99. The molecule has 13 heavy (non-hydrogen) atoms. The lowest BCUT2D eigenvalue weighted by Crippen LogP contribution is -2.24. The fourth-order valence-electron chi connectivity index (χ4n) is 1.55. The van der Waals surface area contributed by atoms with Crippen LogP contribution in [0.1, 0.15) is 11.1 Å². The van der Waals surface area contributed by atoms with Gasteiger partial charge in [-0.1, -0.05) is 0 Å². The van der Waals surface area contributed by atoms with Gasteiger partial charge in [0.25, 0.3) is 0 Å². The predicted molar refractivity (Wildman–Crippen MR) is 53.8 cm³/mol. The molecule has 0 atom stereocenters. The van der Waals surface area contributed by atoms with E-state index >= 15 is 0 Å². The van der Waals surface area contributed by atoms with Crippen LogP contribution in [0.3, 0.4) is 0 Å². The maximum absolute atomic E-state index is 13.1. The molecule has 0 saturated carbocycles. The largest absolute Gasteiger partial charge is 0.508 e. The highest BCUT2D eigenvalue weighted by molar-refractivity contribution is 8.93. The lowest BCUT2D eigenvalue weighted by molar-refractivity contribution is 0.454. The zero-order chi connectivity index (χ0) is 8.55. The van der Waals surface area contributed by atoms with E-state index in [0.717, 1.165) is 12.1 Å². The molecule has 4 heteroatoms. The number of aromatic hydroxyl groups is 1. The maximum atomic E-state index is 13.1. The Morgan fingerprint density at radius 1 is 1.31 bits per heavy atom. The lowest BCUT2D eigenvalue weighted by Gasteiger charge is -2.18. The third-order valence-corrected chi connectivity index (χ3v) is 2.20. The van der Waals surface area contributed by atoms with Gasteiger partial charge in [0, 0.05) is 17.7 Å². The van der Waals surface area contributed by atoms with Crippen molar-refractivity contribution in [1.82, 2.24) is 5.32 Å². The van der Waals surface area contributed by atoms with Gasteiger partial charge in [-0.05, 0) is 25.1 Å². The van der Waals surface area contributed by atoms with Crippen molar-refractivity contribution in [3.05, 3.63) is 29.1 Å². The SMILES string of the molecule is Br.Oc1ccc(F)c2c1CCNC2. The normalized spacial score (nSPS) is 14.5. The lowest BCUT2D eigenvalue weighted by atomic mass is 10.00. The molecule has 1 aliphatic heterocycles. The Labute approximate surface area is 86.5 Å². The van der Waals surface area contributed by atoms with Crippen molar-refractivity contribution >= 4 is 17.0 Å². The summed E-state index contributed by atoms with van der Waals surface area (Å²) >= 11 is 0. The van der Waals surface area contributed by atoms with Crippen molar-refractivity contribution in [3.8, 4) is 5.75 Å². The highest BCUT2D eigenvalue weighted by Gasteiger charge is 2.15. The summed E-state index contributed by atoms with van der Waals surface area (Å²) < 4.78 is 13.1. The molecule has 0 fully saturated rings. The van der Waals surface area contributed by atoms with E-state index in [2.05, 4.69) is 5.32 Å². The Hall–Kier alpha value is -0.610. The number of rotatable bonds is 0. The topological polar surface area (TPSA) is 32.3 Å². The summed E-state index contributed by atoms with van der Waals surface area (Å²) in [5, 5.41) is 12.4. The highest BCUT2D eigenvalue weighted by atomic mass is 79.9. The summed E-state index contributed by atoms with van der Waals surface area (Å²) in [7, 11) is 0. The molecule has 1 aromatic rings. The number of benzene rings is 1. The second-order valence-corrected chi connectivity index (χ2v) is 2.95. The molecule has 2 nitrogen and oxygen atoms in total. The van der Waals surface area contributed by atoms with Gasteiger partial charge in [-0.3, -0.25) is 0 Å². The standard InChI is InChI=1S/C9H10FNO.BrH/c10-8-1-2-9(12)6-3-4-11-5-7(6)8;/h1-2,11-12H,3-5H2;1H. The van der Waals surface area contributed by atoms with Crippen molar-refractivity contribution in [2.75, 3.05) is 6.54 Å². The Kier molecular flexibility index (Phi) is 3.27. The van der Waals surface area contributed by atoms with Gasteiger partial charge in [0.2, 0.25) is 0 Å². The molecule has 2 N–H and O–H groups in total. The van der Waals surface area contributed by atoms with Crippen LogP contribution >= 0.6 is 17.0 Å². The van der Waals surface area contributed by atoms with Gasteiger partial charge in [0.05, 0.1) is 0 Å². The number of nitrogens with one attached hydrogen (secondary N) is 1. The molecule has 0 radical (unpaired) electrons. The fraction of sp³-hybridized carbons (Fsp3) is 0.333. The van der Waals surface area contributed by atoms with E-state index in [1.54, 1.807) is 0 Å². The number of hydrogen-bond donors (Lipinski definition) is 2. The summed E-state index contributed by atoms with van der Waals surface area (Å²) in [4.78, 5) is 0. The van der Waals surface area contributed by atoms with Crippen LogP contribution in [0.5, 0.6) is 5.75 Å². The van der Waals surface area contributed by atoms with Crippen LogP contribution in [0.2, 0.25) is 0 Å². The minimum atomic E-state index is -0.227. The molecule has 0 unspecified atom stereocenters. The molecule has 0 amide bonds. The Morgan fingerprint density at radius 2 is 2.08 bits per heavy atom. The molecule has 1 aliphatic rings. The second-order valence-electron chi connectivity index (χ2n) is 2.95. The van der Waals surface area contributed by atoms with Crippen molar-refractivity contribution in [2.24, 2.45) is 0 Å². The molecule has 1 heterocycles.